The molecule has 0 fully saturated rings. The van der Waals surface area contributed by atoms with Crippen LogP contribution in [0.15, 0.2) is 22.6 Å². The van der Waals surface area contributed by atoms with Crippen LogP contribution < -0.4 is 0 Å². The summed E-state index contributed by atoms with van der Waals surface area (Å²) >= 11 is -1.79. The summed E-state index contributed by atoms with van der Waals surface area (Å²) in [5.41, 5.74) is -3.30. The molecular weight excluding hydrogens is 332 g/mol. The van der Waals surface area contributed by atoms with Crippen molar-refractivity contribution in [2.75, 3.05) is 0 Å². The highest BCUT2D eigenvalue weighted by Crippen LogP contribution is 2.36. The lowest BCUT2D eigenvalue weighted by molar-refractivity contribution is -0.143. The molecule has 0 heterocycles. The highest BCUT2D eigenvalue weighted by molar-refractivity contribution is 7.91. The molecule has 124 valence electrons. The number of halogens is 6. The fourth-order valence-electron chi connectivity index (χ4n) is 1.32. The van der Waals surface area contributed by atoms with Crippen LogP contribution >= 0.6 is 0 Å². The van der Waals surface area contributed by atoms with Crippen LogP contribution in [0.3, 0.4) is 0 Å². The molecule has 0 saturated heterocycles. The Labute approximate surface area is 126 Å². The van der Waals surface area contributed by atoms with Gasteiger partial charge in [0.15, 0.2) is 0 Å². The van der Waals surface area contributed by atoms with E-state index < -0.39 is 45.2 Å². The first kappa shape index (κ1) is 18.8. The second-order valence-electron chi connectivity index (χ2n) is 5.44. The maximum atomic E-state index is 12.7. The van der Waals surface area contributed by atoms with Gasteiger partial charge >= 0.3 is 12.4 Å². The number of rotatable bonds is 2. The molecule has 2 nitrogen and oxygen atoms in total. The van der Waals surface area contributed by atoms with Gasteiger partial charge in [-0.1, -0.05) is 4.40 Å². The molecule has 1 aromatic rings. The lowest BCUT2D eigenvalue weighted by Crippen LogP contribution is -2.25. The minimum absolute atomic E-state index is 0.0259. The van der Waals surface area contributed by atoms with Crippen LogP contribution in [0.2, 0.25) is 0 Å². The Morgan fingerprint density at radius 2 is 1.32 bits per heavy atom. The van der Waals surface area contributed by atoms with E-state index in [1.165, 1.54) is 0 Å². The third-order valence-electron chi connectivity index (χ3n) is 2.43. The second kappa shape index (κ2) is 6.11. The Hall–Kier alpha value is -1.22. The summed E-state index contributed by atoms with van der Waals surface area (Å²) in [6.07, 6.45) is -9.09. The summed E-state index contributed by atoms with van der Waals surface area (Å²) in [4.78, 5) is 0. The first-order valence-electron chi connectivity index (χ1n) is 5.97. The first-order chi connectivity index (χ1) is 9.71. The van der Waals surface area contributed by atoms with Gasteiger partial charge in [0.2, 0.25) is 0 Å². The predicted molar refractivity (Wildman–Crippen MR) is 71.9 cm³/mol. The van der Waals surface area contributed by atoms with Crippen LogP contribution in [0.1, 0.15) is 37.5 Å². The van der Waals surface area contributed by atoms with Gasteiger partial charge in [0, 0.05) is 0 Å². The van der Waals surface area contributed by atoms with Crippen molar-refractivity contribution < 1.29 is 30.9 Å². The third kappa shape index (κ3) is 5.20. The van der Waals surface area contributed by atoms with E-state index in [2.05, 4.69) is 4.40 Å². The number of hydrogen-bond acceptors (Lipinski definition) is 2. The van der Waals surface area contributed by atoms with E-state index in [9.17, 15) is 30.9 Å². The molecule has 0 radical (unpaired) electrons. The molecule has 0 unspecified atom stereocenters. The van der Waals surface area contributed by atoms with Crippen molar-refractivity contribution in [1.82, 2.24) is 0 Å². The summed E-state index contributed by atoms with van der Waals surface area (Å²) in [5.74, 6) is 0. The molecular formula is C13H13F6NOS. The molecule has 0 amide bonds. The van der Waals surface area contributed by atoms with E-state index in [1.807, 2.05) is 0 Å². The molecule has 0 aliphatic rings. The fourth-order valence-corrected chi connectivity index (χ4v) is 1.85. The average Bonchev–Trinajstić information content (AvgIpc) is 2.32. The van der Waals surface area contributed by atoms with E-state index in [1.54, 1.807) is 20.8 Å². The van der Waals surface area contributed by atoms with Crippen molar-refractivity contribution in [2.45, 2.75) is 37.9 Å². The lowest BCUT2D eigenvalue weighted by Gasteiger charge is -2.18. The maximum Gasteiger partial charge on any atom is 0.416 e. The van der Waals surface area contributed by atoms with Gasteiger partial charge in [-0.3, -0.25) is 0 Å². The Morgan fingerprint density at radius 3 is 1.64 bits per heavy atom. The normalized spacial score (nSPS) is 15.4. The number of nitrogens with zero attached hydrogens (tertiary/aromatic N) is 1. The van der Waals surface area contributed by atoms with Gasteiger partial charge in [0.05, 0.1) is 17.3 Å². The van der Waals surface area contributed by atoms with E-state index in [0.29, 0.717) is 12.1 Å². The number of hydrogen-bond donors (Lipinski definition) is 0. The van der Waals surface area contributed by atoms with Crippen molar-refractivity contribution >= 4 is 17.6 Å². The number of alkyl halides is 6. The topological polar surface area (TPSA) is 35.4 Å². The van der Waals surface area contributed by atoms with E-state index >= 15 is 0 Å². The minimum Gasteiger partial charge on any atom is -0.591 e. The van der Waals surface area contributed by atoms with Crippen LogP contribution in [-0.4, -0.2) is 15.5 Å². The van der Waals surface area contributed by atoms with Gasteiger partial charge in [-0.05, 0) is 44.5 Å². The Morgan fingerprint density at radius 1 is 0.909 bits per heavy atom. The van der Waals surface area contributed by atoms with Gasteiger partial charge in [-0.25, -0.2) is 0 Å². The van der Waals surface area contributed by atoms with E-state index in [-0.39, 0.29) is 6.07 Å². The molecule has 0 aromatic heterocycles. The molecule has 0 spiro atoms. The van der Waals surface area contributed by atoms with Crippen LogP contribution in [0, 0.1) is 0 Å². The molecule has 0 aliphatic carbocycles. The Bertz CT molecular complexity index is 527. The lowest BCUT2D eigenvalue weighted by atomic mass is 10.1. The van der Waals surface area contributed by atoms with Crippen molar-refractivity contribution in [3.63, 3.8) is 0 Å². The second-order valence-corrected chi connectivity index (χ2v) is 7.37. The maximum absolute atomic E-state index is 12.7. The summed E-state index contributed by atoms with van der Waals surface area (Å²) in [7, 11) is 0. The summed E-state index contributed by atoms with van der Waals surface area (Å²) in [6.45, 7) is 4.73. The minimum atomic E-state index is -4.92. The largest absolute Gasteiger partial charge is 0.591 e. The highest BCUT2D eigenvalue weighted by atomic mass is 32.2. The number of benzene rings is 1. The van der Waals surface area contributed by atoms with Crippen LogP contribution in [0.5, 0.6) is 0 Å². The van der Waals surface area contributed by atoms with Crippen molar-refractivity contribution in [3.05, 3.63) is 34.9 Å². The highest BCUT2D eigenvalue weighted by Gasteiger charge is 2.36. The molecule has 0 N–H and O–H groups in total. The standard InChI is InChI=1S/C13H13F6NOS/c1-11(2,3)22(21)20-7-8-4-9(12(14,15)16)6-10(5-8)13(17,18)19/h4-7H,1-3H3/t22-/m1/s1. The molecule has 1 aromatic carbocycles. The molecule has 0 aliphatic heterocycles. The average molecular weight is 345 g/mol. The Kier molecular flexibility index (Phi) is 5.23. The predicted octanol–water partition coefficient (Wildman–Crippen LogP) is 4.61. The first-order valence-corrected chi connectivity index (χ1v) is 7.07. The van der Waals surface area contributed by atoms with Gasteiger partial charge in [-0.15, -0.1) is 0 Å². The van der Waals surface area contributed by atoms with Crippen molar-refractivity contribution in [1.29, 1.82) is 0 Å². The molecule has 1 atom stereocenters. The van der Waals surface area contributed by atoms with Crippen molar-refractivity contribution in [3.8, 4) is 0 Å². The monoisotopic (exact) mass is 345 g/mol. The van der Waals surface area contributed by atoms with Gasteiger partial charge in [-0.2, -0.15) is 26.3 Å². The van der Waals surface area contributed by atoms with Gasteiger partial charge in [0.1, 0.15) is 16.1 Å². The molecule has 0 saturated carbocycles. The molecule has 22 heavy (non-hydrogen) atoms. The van der Waals surface area contributed by atoms with Gasteiger partial charge in [0.25, 0.3) is 0 Å². The quantitative estimate of drug-likeness (QED) is 0.438. The van der Waals surface area contributed by atoms with Crippen LogP contribution in [-0.2, 0) is 23.7 Å². The zero-order chi connectivity index (χ0) is 17.3. The third-order valence-corrected chi connectivity index (χ3v) is 3.78. The molecule has 1 rings (SSSR count). The Balaban J connectivity index is 3.28. The SMILES string of the molecule is CC(C)(C)[S@@+]([O-])N=Cc1cc(C(F)(F)F)cc(C(F)(F)F)c1. The van der Waals surface area contributed by atoms with Gasteiger partial charge < -0.3 is 4.55 Å². The summed E-state index contributed by atoms with van der Waals surface area (Å²) < 4.78 is 90.3. The summed E-state index contributed by atoms with van der Waals surface area (Å²) in [5, 5.41) is 0. The van der Waals surface area contributed by atoms with Crippen LogP contribution in [0.4, 0.5) is 26.3 Å². The molecule has 0 bridgehead atoms. The zero-order valence-corrected chi connectivity index (χ0v) is 12.7. The van der Waals surface area contributed by atoms with E-state index in [0.717, 1.165) is 6.21 Å². The van der Waals surface area contributed by atoms with E-state index in [4.69, 9.17) is 0 Å². The smallest absolute Gasteiger partial charge is 0.416 e. The summed E-state index contributed by atoms with van der Waals surface area (Å²) in [6, 6.07) is 1.08. The zero-order valence-electron chi connectivity index (χ0n) is 11.8. The fraction of sp³-hybridized carbons (Fsp3) is 0.462. The van der Waals surface area contributed by atoms with Crippen molar-refractivity contribution in [2.24, 2.45) is 4.40 Å². The molecule has 9 heteroatoms. The van der Waals surface area contributed by atoms with Crippen LogP contribution in [0.25, 0.3) is 0 Å².